The van der Waals surface area contributed by atoms with Crippen LogP contribution in [-0.2, 0) is 4.79 Å². The molecule has 0 heterocycles. The number of benzene rings is 1. The van der Waals surface area contributed by atoms with Crippen LogP contribution in [-0.4, -0.2) is 31.0 Å². The Morgan fingerprint density at radius 3 is 2.71 bits per heavy atom. The van der Waals surface area contributed by atoms with E-state index < -0.39 is 6.10 Å². The third-order valence-corrected chi connectivity index (χ3v) is 2.49. The van der Waals surface area contributed by atoms with Gasteiger partial charge >= 0.3 is 0 Å². The van der Waals surface area contributed by atoms with Crippen LogP contribution in [0.25, 0.3) is 0 Å². The van der Waals surface area contributed by atoms with Crippen molar-refractivity contribution in [2.24, 2.45) is 0 Å². The lowest BCUT2D eigenvalue weighted by molar-refractivity contribution is -0.135. The van der Waals surface area contributed by atoms with Gasteiger partial charge in [-0.15, -0.1) is 0 Å². The second-order valence-electron chi connectivity index (χ2n) is 3.72. The van der Waals surface area contributed by atoms with Crippen molar-refractivity contribution in [3.63, 3.8) is 0 Å². The van der Waals surface area contributed by atoms with E-state index in [1.165, 1.54) is 4.90 Å². The van der Waals surface area contributed by atoms with E-state index >= 15 is 0 Å². The van der Waals surface area contributed by atoms with Gasteiger partial charge in [0.2, 0.25) is 0 Å². The molecule has 0 aliphatic heterocycles. The molecule has 17 heavy (non-hydrogen) atoms. The van der Waals surface area contributed by atoms with Gasteiger partial charge < -0.3 is 9.64 Å². The van der Waals surface area contributed by atoms with Gasteiger partial charge in [-0.2, -0.15) is 5.26 Å². The predicted molar refractivity (Wildman–Crippen MR) is 65.0 cm³/mol. The Bertz CT molecular complexity index is 466. The number of rotatable bonds is 3. The summed E-state index contributed by atoms with van der Waals surface area (Å²) in [6.45, 7) is 1.63. The van der Waals surface area contributed by atoms with Gasteiger partial charge in [-0.1, -0.05) is 17.7 Å². The van der Waals surface area contributed by atoms with Crippen LogP contribution in [0.15, 0.2) is 18.2 Å². The van der Waals surface area contributed by atoms with Gasteiger partial charge in [0.25, 0.3) is 5.91 Å². The zero-order valence-electron chi connectivity index (χ0n) is 9.90. The molecule has 0 saturated carbocycles. The maximum absolute atomic E-state index is 11.6. The topological polar surface area (TPSA) is 53.3 Å². The number of carbonyl (C=O) groups is 1. The van der Waals surface area contributed by atoms with E-state index in [4.69, 9.17) is 21.6 Å². The molecule has 1 amide bonds. The summed E-state index contributed by atoms with van der Waals surface area (Å²) in [5, 5.41) is 9.26. The lowest BCUT2D eigenvalue weighted by Crippen LogP contribution is -2.35. The zero-order chi connectivity index (χ0) is 13.0. The van der Waals surface area contributed by atoms with E-state index in [1.807, 2.05) is 6.07 Å². The fourth-order valence-corrected chi connectivity index (χ4v) is 1.52. The Balaban J connectivity index is 2.93. The second-order valence-corrected chi connectivity index (χ2v) is 4.12. The molecule has 4 nitrogen and oxygen atoms in total. The molecule has 5 heteroatoms. The van der Waals surface area contributed by atoms with Gasteiger partial charge in [0, 0.05) is 14.1 Å². The lowest BCUT2D eigenvalue weighted by atomic mass is 10.2. The van der Waals surface area contributed by atoms with Crippen LogP contribution in [0.2, 0.25) is 5.02 Å². The van der Waals surface area contributed by atoms with E-state index in [0.717, 1.165) is 0 Å². The minimum Gasteiger partial charge on any atom is -0.479 e. The van der Waals surface area contributed by atoms with Gasteiger partial charge in [-0.05, 0) is 19.1 Å². The number of amides is 1. The molecule has 1 aromatic carbocycles. The highest BCUT2D eigenvalue weighted by atomic mass is 35.5. The minimum absolute atomic E-state index is 0.172. The number of nitriles is 1. The summed E-state index contributed by atoms with van der Waals surface area (Å²) in [5.74, 6) is 0.150. The second kappa shape index (κ2) is 5.55. The number of hydrogen-bond acceptors (Lipinski definition) is 3. The maximum atomic E-state index is 11.6. The van der Waals surface area contributed by atoms with Crippen LogP contribution in [0.5, 0.6) is 5.75 Å². The fourth-order valence-electron chi connectivity index (χ4n) is 1.32. The Labute approximate surface area is 105 Å². The number of likely N-dealkylation sites (N-methyl/N-ethyl adjacent to an activating group) is 1. The molecular weight excluding hydrogens is 240 g/mol. The standard InChI is InChI=1S/C12H13ClN2O2/c1-8(12(16)15(2)3)17-11-6-4-5-10(13)9(11)7-14/h4-6,8H,1-3H3. The number of carbonyl (C=O) groups excluding carboxylic acids is 1. The van der Waals surface area contributed by atoms with Crippen molar-refractivity contribution in [1.29, 1.82) is 5.26 Å². The van der Waals surface area contributed by atoms with Gasteiger partial charge in [-0.3, -0.25) is 4.79 Å². The molecule has 0 bridgehead atoms. The average Bonchev–Trinajstić information content (AvgIpc) is 2.28. The fraction of sp³-hybridized carbons (Fsp3) is 0.333. The molecule has 0 fully saturated rings. The average molecular weight is 253 g/mol. The van der Waals surface area contributed by atoms with Crippen molar-refractivity contribution in [2.75, 3.05) is 14.1 Å². The largest absolute Gasteiger partial charge is 0.479 e. The molecule has 0 saturated heterocycles. The normalized spacial score (nSPS) is 11.5. The van der Waals surface area contributed by atoms with Crippen molar-refractivity contribution >= 4 is 17.5 Å². The summed E-state index contributed by atoms with van der Waals surface area (Å²) in [7, 11) is 3.29. The first-order chi connectivity index (χ1) is 7.97. The molecule has 1 rings (SSSR count). The first-order valence-corrected chi connectivity index (χ1v) is 5.41. The highest BCUT2D eigenvalue weighted by Crippen LogP contribution is 2.26. The minimum atomic E-state index is -0.657. The molecule has 0 aliphatic carbocycles. The zero-order valence-corrected chi connectivity index (χ0v) is 10.7. The molecule has 0 N–H and O–H groups in total. The Kier molecular flexibility index (Phi) is 4.36. The summed E-state index contributed by atoms with van der Waals surface area (Å²) in [6.07, 6.45) is -0.657. The van der Waals surface area contributed by atoms with E-state index in [2.05, 4.69) is 0 Å². The van der Waals surface area contributed by atoms with E-state index in [-0.39, 0.29) is 11.5 Å². The summed E-state index contributed by atoms with van der Waals surface area (Å²) in [6, 6.07) is 6.85. The number of ether oxygens (including phenoxy) is 1. The molecule has 90 valence electrons. The molecule has 0 aliphatic rings. The molecule has 0 radical (unpaired) electrons. The third kappa shape index (κ3) is 3.11. The van der Waals surface area contributed by atoms with Crippen LogP contribution in [0.3, 0.4) is 0 Å². The van der Waals surface area contributed by atoms with Gasteiger partial charge in [0.1, 0.15) is 17.4 Å². The third-order valence-electron chi connectivity index (χ3n) is 2.18. The van der Waals surface area contributed by atoms with Gasteiger partial charge in [0.15, 0.2) is 6.10 Å². The maximum Gasteiger partial charge on any atom is 0.262 e. The van der Waals surface area contributed by atoms with Gasteiger partial charge in [-0.25, -0.2) is 0 Å². The Morgan fingerprint density at radius 1 is 1.53 bits per heavy atom. The van der Waals surface area contributed by atoms with Crippen LogP contribution in [0.1, 0.15) is 12.5 Å². The summed E-state index contributed by atoms with van der Waals surface area (Å²) in [4.78, 5) is 13.0. The van der Waals surface area contributed by atoms with Crippen molar-refractivity contribution in [1.82, 2.24) is 4.90 Å². The van der Waals surface area contributed by atoms with Gasteiger partial charge in [0.05, 0.1) is 5.02 Å². The summed E-state index contributed by atoms with van der Waals surface area (Å²) >= 11 is 5.86. The molecule has 0 aromatic heterocycles. The predicted octanol–water partition coefficient (Wildman–Crippen LogP) is 2.07. The first kappa shape index (κ1) is 13.3. The highest BCUT2D eigenvalue weighted by Gasteiger charge is 2.18. The molecule has 1 atom stereocenters. The smallest absolute Gasteiger partial charge is 0.262 e. The number of halogens is 1. The van der Waals surface area contributed by atoms with E-state index in [1.54, 1.807) is 39.2 Å². The lowest BCUT2D eigenvalue weighted by Gasteiger charge is -2.19. The molecule has 0 spiro atoms. The Morgan fingerprint density at radius 2 is 2.18 bits per heavy atom. The van der Waals surface area contributed by atoms with E-state index in [9.17, 15) is 4.79 Å². The van der Waals surface area contributed by atoms with Crippen LogP contribution >= 0.6 is 11.6 Å². The number of nitrogens with zero attached hydrogens (tertiary/aromatic N) is 2. The Hall–Kier alpha value is -1.73. The highest BCUT2D eigenvalue weighted by molar-refractivity contribution is 6.31. The summed E-state index contributed by atoms with van der Waals surface area (Å²) < 4.78 is 5.44. The quantitative estimate of drug-likeness (QED) is 0.828. The molecule has 1 unspecified atom stereocenters. The van der Waals surface area contributed by atoms with E-state index in [0.29, 0.717) is 10.8 Å². The van der Waals surface area contributed by atoms with Crippen molar-refractivity contribution in [3.05, 3.63) is 28.8 Å². The monoisotopic (exact) mass is 252 g/mol. The van der Waals surface area contributed by atoms with Crippen molar-refractivity contribution < 1.29 is 9.53 Å². The number of hydrogen-bond donors (Lipinski definition) is 0. The van der Waals surface area contributed by atoms with Crippen LogP contribution in [0.4, 0.5) is 0 Å². The SMILES string of the molecule is CC(Oc1cccc(Cl)c1C#N)C(=O)N(C)C. The first-order valence-electron chi connectivity index (χ1n) is 5.03. The van der Waals surface area contributed by atoms with Crippen LogP contribution in [0, 0.1) is 11.3 Å². The van der Waals surface area contributed by atoms with Crippen LogP contribution < -0.4 is 4.74 Å². The summed E-state index contributed by atoms with van der Waals surface area (Å²) in [5.41, 5.74) is 0.243. The van der Waals surface area contributed by atoms with Crippen molar-refractivity contribution in [2.45, 2.75) is 13.0 Å². The van der Waals surface area contributed by atoms with Crippen molar-refractivity contribution in [3.8, 4) is 11.8 Å². The molecular formula is C12H13ClN2O2. The molecule has 1 aromatic rings.